The molecule has 88 valence electrons. The van der Waals surface area contributed by atoms with Gasteiger partial charge < -0.3 is 5.73 Å². The van der Waals surface area contributed by atoms with Crippen molar-refractivity contribution in [3.05, 3.63) is 34.6 Å². The van der Waals surface area contributed by atoms with Gasteiger partial charge in [-0.1, -0.05) is 11.6 Å². The van der Waals surface area contributed by atoms with E-state index in [4.69, 9.17) is 17.3 Å². The maximum absolute atomic E-state index is 13.4. The highest BCUT2D eigenvalue weighted by Gasteiger charge is 2.16. The largest absolute Gasteiger partial charge is 0.326 e. The Bertz CT molecular complexity index is 398. The second-order valence-corrected chi connectivity index (χ2v) is 4.97. The third-order valence-electron chi connectivity index (χ3n) is 2.23. The van der Waals surface area contributed by atoms with Gasteiger partial charge in [0.1, 0.15) is 5.82 Å². The molecular formula is C12H15ClFNO. The van der Waals surface area contributed by atoms with E-state index in [0.717, 1.165) is 6.07 Å². The van der Waals surface area contributed by atoms with Crippen molar-refractivity contribution in [3.63, 3.8) is 0 Å². The van der Waals surface area contributed by atoms with Crippen LogP contribution >= 0.6 is 11.6 Å². The standard InChI is InChI=1S/C12H15ClFNO/c1-12(2,15)6-5-11(16)9-4-3-8(13)7-10(9)14/h3-4,7H,5-6,15H2,1-2H3. The Morgan fingerprint density at radius 2 is 2.12 bits per heavy atom. The second-order valence-electron chi connectivity index (χ2n) is 4.54. The number of ketones is 1. The number of hydrogen-bond donors (Lipinski definition) is 1. The molecule has 0 saturated heterocycles. The molecule has 1 rings (SSSR count). The molecule has 0 bridgehead atoms. The van der Waals surface area contributed by atoms with Crippen molar-refractivity contribution in [2.75, 3.05) is 0 Å². The van der Waals surface area contributed by atoms with Crippen LogP contribution in [0, 0.1) is 5.82 Å². The lowest BCUT2D eigenvalue weighted by atomic mass is 9.96. The highest BCUT2D eigenvalue weighted by Crippen LogP contribution is 2.18. The molecule has 1 aromatic rings. The Balaban J connectivity index is 2.74. The first kappa shape index (κ1) is 13.1. The molecule has 0 fully saturated rings. The number of carbonyl (C=O) groups is 1. The van der Waals surface area contributed by atoms with E-state index in [1.807, 2.05) is 13.8 Å². The summed E-state index contributed by atoms with van der Waals surface area (Å²) in [4.78, 5) is 11.7. The van der Waals surface area contributed by atoms with Crippen LogP contribution in [-0.2, 0) is 0 Å². The first-order valence-corrected chi connectivity index (χ1v) is 5.44. The maximum Gasteiger partial charge on any atom is 0.165 e. The molecular weight excluding hydrogens is 229 g/mol. The number of benzene rings is 1. The molecule has 0 heterocycles. The van der Waals surface area contributed by atoms with E-state index in [-0.39, 0.29) is 22.8 Å². The van der Waals surface area contributed by atoms with E-state index in [1.54, 1.807) is 0 Å². The number of carbonyl (C=O) groups excluding carboxylic acids is 1. The van der Waals surface area contributed by atoms with E-state index in [1.165, 1.54) is 12.1 Å². The smallest absolute Gasteiger partial charge is 0.165 e. The van der Waals surface area contributed by atoms with E-state index in [2.05, 4.69) is 0 Å². The second kappa shape index (κ2) is 4.93. The summed E-state index contributed by atoms with van der Waals surface area (Å²) in [6.07, 6.45) is 0.760. The van der Waals surface area contributed by atoms with Gasteiger partial charge in [-0.15, -0.1) is 0 Å². The fourth-order valence-electron chi connectivity index (χ4n) is 1.29. The van der Waals surface area contributed by atoms with Gasteiger partial charge in [0.25, 0.3) is 0 Å². The minimum atomic E-state index is -0.577. The Labute approximate surface area is 99.6 Å². The number of hydrogen-bond acceptors (Lipinski definition) is 2. The average Bonchev–Trinajstić information content (AvgIpc) is 2.13. The van der Waals surface area contributed by atoms with Crippen molar-refractivity contribution < 1.29 is 9.18 Å². The molecule has 0 aliphatic heterocycles. The Kier molecular flexibility index (Phi) is 4.05. The van der Waals surface area contributed by atoms with Crippen LogP contribution in [0.2, 0.25) is 5.02 Å². The average molecular weight is 244 g/mol. The number of halogens is 2. The Morgan fingerprint density at radius 1 is 1.50 bits per heavy atom. The molecule has 1 aromatic carbocycles. The van der Waals surface area contributed by atoms with Crippen molar-refractivity contribution in [1.29, 1.82) is 0 Å². The van der Waals surface area contributed by atoms with Gasteiger partial charge in [0.2, 0.25) is 0 Å². The van der Waals surface area contributed by atoms with Crippen molar-refractivity contribution in [2.45, 2.75) is 32.2 Å². The lowest BCUT2D eigenvalue weighted by molar-refractivity contribution is 0.0968. The zero-order valence-electron chi connectivity index (χ0n) is 9.39. The molecule has 2 N–H and O–H groups in total. The van der Waals surface area contributed by atoms with E-state index < -0.39 is 11.4 Å². The molecule has 0 aromatic heterocycles. The highest BCUT2D eigenvalue weighted by atomic mass is 35.5. The zero-order chi connectivity index (χ0) is 12.3. The quantitative estimate of drug-likeness (QED) is 0.826. The minimum absolute atomic E-state index is 0.0775. The summed E-state index contributed by atoms with van der Waals surface area (Å²) in [5, 5.41) is 0.285. The van der Waals surface area contributed by atoms with E-state index in [0.29, 0.717) is 6.42 Å². The van der Waals surface area contributed by atoms with Crippen molar-refractivity contribution >= 4 is 17.4 Å². The number of Topliss-reactive ketones (excluding diaryl/α,β-unsaturated/α-hetero) is 1. The first-order valence-electron chi connectivity index (χ1n) is 5.07. The molecule has 16 heavy (non-hydrogen) atoms. The van der Waals surface area contributed by atoms with Crippen LogP contribution in [0.25, 0.3) is 0 Å². The Morgan fingerprint density at radius 3 is 2.62 bits per heavy atom. The maximum atomic E-state index is 13.4. The third kappa shape index (κ3) is 3.91. The van der Waals surface area contributed by atoms with E-state index in [9.17, 15) is 9.18 Å². The van der Waals surface area contributed by atoms with Gasteiger partial charge in [0, 0.05) is 17.0 Å². The summed E-state index contributed by atoms with van der Waals surface area (Å²) >= 11 is 5.60. The van der Waals surface area contributed by atoms with Crippen LogP contribution in [-0.4, -0.2) is 11.3 Å². The zero-order valence-corrected chi connectivity index (χ0v) is 10.1. The SMILES string of the molecule is CC(C)(N)CCC(=O)c1ccc(Cl)cc1F. The molecule has 0 radical (unpaired) electrons. The van der Waals surface area contributed by atoms with Gasteiger partial charge in [0.15, 0.2) is 5.78 Å². The van der Waals surface area contributed by atoms with Crippen LogP contribution in [0.1, 0.15) is 37.0 Å². The van der Waals surface area contributed by atoms with Crippen LogP contribution in [0.15, 0.2) is 18.2 Å². The van der Waals surface area contributed by atoms with Crippen molar-refractivity contribution in [2.24, 2.45) is 5.73 Å². The van der Waals surface area contributed by atoms with Gasteiger partial charge in [0.05, 0.1) is 5.56 Å². The van der Waals surface area contributed by atoms with Crippen molar-refractivity contribution in [1.82, 2.24) is 0 Å². The fourth-order valence-corrected chi connectivity index (χ4v) is 1.44. The molecule has 0 saturated carbocycles. The van der Waals surface area contributed by atoms with Crippen LogP contribution in [0.5, 0.6) is 0 Å². The summed E-state index contributed by atoms with van der Waals surface area (Å²) < 4.78 is 13.4. The highest BCUT2D eigenvalue weighted by molar-refractivity contribution is 6.30. The topological polar surface area (TPSA) is 43.1 Å². The van der Waals surface area contributed by atoms with Gasteiger partial charge in [-0.05, 0) is 38.5 Å². The molecule has 0 spiro atoms. The molecule has 0 unspecified atom stereocenters. The molecule has 4 heteroatoms. The molecule has 0 aliphatic carbocycles. The predicted molar refractivity (Wildman–Crippen MR) is 63.2 cm³/mol. The normalized spacial score (nSPS) is 11.6. The molecule has 2 nitrogen and oxygen atoms in total. The third-order valence-corrected chi connectivity index (χ3v) is 2.46. The lowest BCUT2D eigenvalue weighted by Crippen LogP contribution is -2.32. The lowest BCUT2D eigenvalue weighted by Gasteiger charge is -2.17. The van der Waals surface area contributed by atoms with Gasteiger partial charge in [-0.2, -0.15) is 0 Å². The van der Waals surface area contributed by atoms with Crippen LogP contribution < -0.4 is 5.73 Å². The number of nitrogens with two attached hydrogens (primary N) is 1. The van der Waals surface area contributed by atoms with Crippen molar-refractivity contribution in [3.8, 4) is 0 Å². The van der Waals surface area contributed by atoms with E-state index >= 15 is 0 Å². The van der Waals surface area contributed by atoms with Gasteiger partial charge in [-0.25, -0.2) is 4.39 Å². The summed E-state index contributed by atoms with van der Waals surface area (Å²) in [7, 11) is 0. The number of rotatable bonds is 4. The van der Waals surface area contributed by atoms with Gasteiger partial charge >= 0.3 is 0 Å². The van der Waals surface area contributed by atoms with Crippen LogP contribution in [0.4, 0.5) is 4.39 Å². The fraction of sp³-hybridized carbons (Fsp3) is 0.417. The molecule has 0 atom stereocenters. The molecule has 0 amide bonds. The summed E-state index contributed by atoms with van der Waals surface area (Å²) in [6.45, 7) is 3.66. The van der Waals surface area contributed by atoms with Gasteiger partial charge in [-0.3, -0.25) is 4.79 Å². The monoisotopic (exact) mass is 243 g/mol. The Hall–Kier alpha value is -0.930. The summed E-state index contributed by atoms with van der Waals surface area (Å²) in [5.41, 5.74) is 5.42. The van der Waals surface area contributed by atoms with Crippen LogP contribution in [0.3, 0.4) is 0 Å². The molecule has 0 aliphatic rings. The summed E-state index contributed by atoms with van der Waals surface area (Å²) in [6, 6.07) is 4.05. The summed E-state index contributed by atoms with van der Waals surface area (Å²) in [5.74, 6) is -0.819. The minimum Gasteiger partial charge on any atom is -0.326 e. The predicted octanol–water partition coefficient (Wildman–Crippen LogP) is 3.18. The first-order chi connectivity index (χ1) is 7.29.